The number of morpholine rings is 1. The van der Waals surface area contributed by atoms with Crippen molar-refractivity contribution in [3.05, 3.63) is 70.6 Å². The zero-order chi connectivity index (χ0) is 17.2. The van der Waals surface area contributed by atoms with E-state index in [1.165, 1.54) is 5.56 Å². The molecule has 3 aromatic rings. The van der Waals surface area contributed by atoms with Crippen LogP contribution in [0.4, 0.5) is 0 Å². The summed E-state index contributed by atoms with van der Waals surface area (Å²) in [6, 6.07) is 15.9. The Morgan fingerprint density at radius 1 is 1.00 bits per heavy atom. The van der Waals surface area contributed by atoms with Crippen LogP contribution in [0.5, 0.6) is 0 Å². The molecule has 1 aromatic heterocycles. The molecule has 128 valence electrons. The van der Waals surface area contributed by atoms with Gasteiger partial charge < -0.3 is 9.15 Å². The number of rotatable bonds is 3. The zero-order valence-corrected chi connectivity index (χ0v) is 14.3. The molecule has 1 aliphatic rings. The Labute approximate surface area is 146 Å². The third-order valence-corrected chi connectivity index (χ3v) is 4.98. The molecule has 0 aliphatic carbocycles. The van der Waals surface area contributed by atoms with E-state index < -0.39 is 0 Å². The first-order valence-electron chi connectivity index (χ1n) is 8.67. The van der Waals surface area contributed by atoms with Gasteiger partial charge in [0, 0.05) is 19.1 Å². The minimum absolute atomic E-state index is 0.0100. The summed E-state index contributed by atoms with van der Waals surface area (Å²) in [4.78, 5) is 15.1. The summed E-state index contributed by atoms with van der Waals surface area (Å²) in [6.45, 7) is 5.71. The van der Waals surface area contributed by atoms with Crippen molar-refractivity contribution < 1.29 is 9.15 Å². The number of hydrogen-bond donors (Lipinski definition) is 0. The van der Waals surface area contributed by atoms with Gasteiger partial charge in [0.05, 0.1) is 24.2 Å². The van der Waals surface area contributed by atoms with E-state index in [-0.39, 0.29) is 5.43 Å². The smallest absolute Gasteiger partial charge is 0.200 e. The van der Waals surface area contributed by atoms with Crippen LogP contribution < -0.4 is 5.43 Å². The average molecular weight is 335 g/mol. The minimum atomic E-state index is 0.0100. The third kappa shape index (κ3) is 3.11. The Bertz CT molecular complexity index is 924. The van der Waals surface area contributed by atoms with Crippen molar-refractivity contribution in [2.75, 3.05) is 26.3 Å². The molecule has 0 spiro atoms. The quantitative estimate of drug-likeness (QED) is 0.729. The Morgan fingerprint density at radius 3 is 2.48 bits per heavy atom. The van der Waals surface area contributed by atoms with E-state index in [4.69, 9.17) is 9.15 Å². The van der Waals surface area contributed by atoms with Crippen molar-refractivity contribution in [3.63, 3.8) is 0 Å². The van der Waals surface area contributed by atoms with Gasteiger partial charge in [0.25, 0.3) is 0 Å². The van der Waals surface area contributed by atoms with Gasteiger partial charge in [0.15, 0.2) is 5.43 Å². The zero-order valence-electron chi connectivity index (χ0n) is 14.3. The predicted molar refractivity (Wildman–Crippen MR) is 98.7 cm³/mol. The number of nitrogens with zero attached hydrogens (tertiary/aromatic N) is 1. The summed E-state index contributed by atoms with van der Waals surface area (Å²) < 4.78 is 11.1. The first-order valence-corrected chi connectivity index (χ1v) is 8.67. The van der Waals surface area contributed by atoms with Crippen molar-refractivity contribution >= 4 is 11.0 Å². The first kappa shape index (κ1) is 16.1. The SMILES string of the molecule is C[C@H](c1ccc(-c2coc3ccccc3c2=O)cc1)N1CCOCC1. The Morgan fingerprint density at radius 2 is 1.72 bits per heavy atom. The van der Waals surface area contributed by atoms with Gasteiger partial charge in [-0.15, -0.1) is 0 Å². The van der Waals surface area contributed by atoms with Crippen LogP contribution in [0, 0.1) is 0 Å². The summed E-state index contributed by atoms with van der Waals surface area (Å²) >= 11 is 0. The second kappa shape index (κ2) is 6.82. The Hall–Kier alpha value is -2.43. The van der Waals surface area contributed by atoms with Gasteiger partial charge in [-0.3, -0.25) is 9.69 Å². The number of ether oxygens (including phenoxy) is 1. The fourth-order valence-electron chi connectivity index (χ4n) is 3.39. The molecule has 4 heteroatoms. The highest BCUT2D eigenvalue weighted by atomic mass is 16.5. The van der Waals surface area contributed by atoms with Crippen molar-refractivity contribution in [1.82, 2.24) is 4.90 Å². The molecule has 0 N–H and O–H groups in total. The van der Waals surface area contributed by atoms with E-state index in [9.17, 15) is 4.79 Å². The van der Waals surface area contributed by atoms with Crippen molar-refractivity contribution in [1.29, 1.82) is 0 Å². The Kier molecular flexibility index (Phi) is 4.38. The van der Waals surface area contributed by atoms with Gasteiger partial charge in [-0.25, -0.2) is 0 Å². The maximum Gasteiger partial charge on any atom is 0.200 e. The van der Waals surface area contributed by atoms with Crippen LogP contribution in [0.25, 0.3) is 22.1 Å². The maximum atomic E-state index is 12.7. The largest absolute Gasteiger partial charge is 0.463 e. The molecule has 1 atom stereocenters. The Balaban J connectivity index is 1.64. The lowest BCUT2D eigenvalue weighted by Crippen LogP contribution is -2.37. The maximum absolute atomic E-state index is 12.7. The van der Waals surface area contributed by atoms with Crippen LogP contribution in [0.1, 0.15) is 18.5 Å². The van der Waals surface area contributed by atoms with E-state index in [2.05, 4.69) is 24.0 Å². The summed E-state index contributed by atoms with van der Waals surface area (Å²) in [5.74, 6) is 0. The van der Waals surface area contributed by atoms with Gasteiger partial charge in [0.1, 0.15) is 11.8 Å². The molecule has 1 fully saturated rings. The van der Waals surface area contributed by atoms with E-state index in [0.29, 0.717) is 22.6 Å². The second-order valence-electron chi connectivity index (χ2n) is 6.42. The minimum Gasteiger partial charge on any atom is -0.463 e. The van der Waals surface area contributed by atoms with Gasteiger partial charge in [-0.1, -0.05) is 36.4 Å². The predicted octanol–water partition coefficient (Wildman–Crippen LogP) is 3.85. The van der Waals surface area contributed by atoms with Crippen LogP contribution in [0.3, 0.4) is 0 Å². The number of benzene rings is 2. The van der Waals surface area contributed by atoms with Gasteiger partial charge >= 0.3 is 0 Å². The lowest BCUT2D eigenvalue weighted by atomic mass is 10.0. The molecule has 0 unspecified atom stereocenters. The molecule has 0 bridgehead atoms. The summed E-state index contributed by atoms with van der Waals surface area (Å²) in [6.07, 6.45) is 1.56. The van der Waals surface area contributed by atoms with Crippen LogP contribution in [-0.2, 0) is 4.74 Å². The molecular weight excluding hydrogens is 314 g/mol. The van der Waals surface area contributed by atoms with E-state index in [1.54, 1.807) is 12.3 Å². The van der Waals surface area contributed by atoms with Crippen LogP contribution >= 0.6 is 0 Å². The van der Waals surface area contributed by atoms with Crippen LogP contribution in [0.15, 0.2) is 64.0 Å². The van der Waals surface area contributed by atoms with Gasteiger partial charge in [0.2, 0.25) is 0 Å². The fraction of sp³-hybridized carbons (Fsp3) is 0.286. The molecule has 0 amide bonds. The molecule has 1 saturated heterocycles. The highest BCUT2D eigenvalue weighted by Gasteiger charge is 2.18. The van der Waals surface area contributed by atoms with Crippen molar-refractivity contribution in [3.8, 4) is 11.1 Å². The third-order valence-electron chi connectivity index (χ3n) is 4.98. The molecule has 0 radical (unpaired) electrons. The molecule has 25 heavy (non-hydrogen) atoms. The molecule has 4 rings (SSSR count). The first-order chi connectivity index (χ1) is 12.2. The van der Waals surface area contributed by atoms with E-state index in [0.717, 1.165) is 31.9 Å². The van der Waals surface area contributed by atoms with E-state index in [1.807, 2.05) is 30.3 Å². The highest BCUT2D eigenvalue weighted by Crippen LogP contribution is 2.25. The summed E-state index contributed by atoms with van der Waals surface area (Å²) in [5.41, 5.74) is 3.36. The number of para-hydroxylation sites is 1. The van der Waals surface area contributed by atoms with Crippen LogP contribution in [-0.4, -0.2) is 31.2 Å². The van der Waals surface area contributed by atoms with E-state index >= 15 is 0 Å². The second-order valence-corrected chi connectivity index (χ2v) is 6.42. The van der Waals surface area contributed by atoms with Crippen molar-refractivity contribution in [2.45, 2.75) is 13.0 Å². The van der Waals surface area contributed by atoms with Crippen LogP contribution in [0.2, 0.25) is 0 Å². The number of hydrogen-bond acceptors (Lipinski definition) is 4. The van der Waals surface area contributed by atoms with Gasteiger partial charge in [-0.2, -0.15) is 0 Å². The van der Waals surface area contributed by atoms with Crippen molar-refractivity contribution in [2.24, 2.45) is 0 Å². The normalized spacial score (nSPS) is 16.8. The molecule has 0 saturated carbocycles. The molecule has 4 nitrogen and oxygen atoms in total. The van der Waals surface area contributed by atoms with Gasteiger partial charge in [-0.05, 0) is 30.2 Å². The highest BCUT2D eigenvalue weighted by molar-refractivity contribution is 5.81. The standard InChI is InChI=1S/C21H21NO3/c1-15(22-10-12-24-13-11-22)16-6-8-17(9-7-16)19-14-25-20-5-3-2-4-18(20)21(19)23/h2-9,14-15H,10-13H2,1H3/t15-/m1/s1. The number of fused-ring (bicyclic) bond motifs is 1. The molecular formula is C21H21NO3. The monoisotopic (exact) mass is 335 g/mol. The molecule has 2 aromatic carbocycles. The fourth-order valence-corrected chi connectivity index (χ4v) is 3.39. The summed E-state index contributed by atoms with van der Waals surface area (Å²) in [7, 11) is 0. The lowest BCUT2D eigenvalue weighted by molar-refractivity contribution is 0.0198. The molecule has 2 heterocycles. The topological polar surface area (TPSA) is 42.7 Å². The molecule has 1 aliphatic heterocycles. The summed E-state index contributed by atoms with van der Waals surface area (Å²) in [5, 5.41) is 0.616. The average Bonchev–Trinajstić information content (AvgIpc) is 2.69. The lowest BCUT2D eigenvalue weighted by Gasteiger charge is -2.32.